The Morgan fingerprint density at radius 1 is 1.00 bits per heavy atom. The molecule has 0 fully saturated rings. The van der Waals surface area contributed by atoms with E-state index in [2.05, 4.69) is 6.92 Å². The number of benzene rings is 3. The van der Waals surface area contributed by atoms with Gasteiger partial charge in [-0.3, -0.25) is 4.68 Å². The molecule has 0 spiro atoms. The number of carboxylic acids is 1. The van der Waals surface area contributed by atoms with E-state index in [0.717, 1.165) is 40.8 Å². The number of halogens is 1. The molecule has 4 rings (SSSR count). The SMILES string of the molecule is CCCc1ccc(OCC(=O)O)c(-c2cc(-c3ccc(F)cc3)n(Cc3ccccc3)n2)c1. The highest BCUT2D eigenvalue weighted by Gasteiger charge is 2.17. The minimum atomic E-state index is -1.04. The van der Waals surface area contributed by atoms with E-state index in [4.69, 9.17) is 14.9 Å². The predicted molar refractivity (Wildman–Crippen MR) is 126 cm³/mol. The molecule has 0 saturated heterocycles. The van der Waals surface area contributed by atoms with Gasteiger partial charge in [0.2, 0.25) is 0 Å². The maximum Gasteiger partial charge on any atom is 0.341 e. The van der Waals surface area contributed by atoms with Crippen molar-refractivity contribution in [2.45, 2.75) is 26.3 Å². The molecule has 3 aromatic carbocycles. The highest BCUT2D eigenvalue weighted by molar-refractivity contribution is 5.74. The number of carboxylic acid groups (broad SMARTS) is 1. The monoisotopic (exact) mass is 444 g/mol. The van der Waals surface area contributed by atoms with E-state index in [1.807, 2.05) is 53.2 Å². The summed E-state index contributed by atoms with van der Waals surface area (Å²) in [7, 11) is 0. The number of carbonyl (C=O) groups is 1. The van der Waals surface area contributed by atoms with Gasteiger partial charge < -0.3 is 9.84 Å². The van der Waals surface area contributed by atoms with Crippen molar-refractivity contribution in [2.24, 2.45) is 0 Å². The van der Waals surface area contributed by atoms with Crippen LogP contribution < -0.4 is 4.74 Å². The third-order valence-corrected chi connectivity index (χ3v) is 5.30. The van der Waals surface area contributed by atoms with Gasteiger partial charge in [0.05, 0.1) is 17.9 Å². The van der Waals surface area contributed by atoms with Crippen LogP contribution in [0.15, 0.2) is 78.9 Å². The molecule has 0 unspecified atom stereocenters. The standard InChI is InChI=1S/C27H25FN2O3/c1-2-6-19-9-14-26(33-18-27(31)32)23(15-19)24-16-25(21-10-12-22(28)13-11-21)30(29-24)17-20-7-4-3-5-8-20/h3-5,7-16H,2,6,17-18H2,1H3,(H,31,32). The number of hydrogen-bond acceptors (Lipinski definition) is 3. The Hall–Kier alpha value is -3.93. The van der Waals surface area contributed by atoms with Crippen LogP contribution in [0.5, 0.6) is 5.75 Å². The summed E-state index contributed by atoms with van der Waals surface area (Å²) in [6.45, 7) is 2.21. The Morgan fingerprint density at radius 2 is 1.76 bits per heavy atom. The topological polar surface area (TPSA) is 64.3 Å². The van der Waals surface area contributed by atoms with E-state index in [0.29, 0.717) is 18.0 Å². The minimum absolute atomic E-state index is 0.301. The van der Waals surface area contributed by atoms with E-state index in [-0.39, 0.29) is 5.82 Å². The Bertz CT molecular complexity index is 1230. The quantitative estimate of drug-likeness (QED) is 0.353. The zero-order valence-corrected chi connectivity index (χ0v) is 18.4. The Morgan fingerprint density at radius 3 is 2.45 bits per heavy atom. The van der Waals surface area contributed by atoms with E-state index in [1.165, 1.54) is 12.1 Å². The molecule has 168 valence electrons. The van der Waals surface area contributed by atoms with Gasteiger partial charge in [0.15, 0.2) is 6.61 Å². The number of aromatic nitrogens is 2. The average Bonchev–Trinajstić information content (AvgIpc) is 3.23. The van der Waals surface area contributed by atoms with Gasteiger partial charge >= 0.3 is 5.97 Å². The molecule has 0 atom stereocenters. The summed E-state index contributed by atoms with van der Waals surface area (Å²) < 4.78 is 21.0. The minimum Gasteiger partial charge on any atom is -0.481 e. The fourth-order valence-electron chi connectivity index (χ4n) is 3.77. The molecule has 4 aromatic rings. The smallest absolute Gasteiger partial charge is 0.341 e. The summed E-state index contributed by atoms with van der Waals surface area (Å²) in [5, 5.41) is 13.9. The molecule has 0 aliphatic heterocycles. The van der Waals surface area contributed by atoms with Gasteiger partial charge in [0.1, 0.15) is 11.6 Å². The first-order valence-electron chi connectivity index (χ1n) is 10.9. The molecule has 0 saturated carbocycles. The van der Waals surface area contributed by atoms with Crippen LogP contribution in [0.25, 0.3) is 22.5 Å². The molecule has 1 N–H and O–H groups in total. The van der Waals surface area contributed by atoms with E-state index >= 15 is 0 Å². The number of rotatable bonds is 9. The van der Waals surface area contributed by atoms with Crippen molar-refractivity contribution in [3.8, 4) is 28.3 Å². The van der Waals surface area contributed by atoms with Gasteiger partial charge in [0.25, 0.3) is 0 Å². The lowest BCUT2D eigenvalue weighted by Gasteiger charge is -2.11. The largest absolute Gasteiger partial charge is 0.481 e. The maximum atomic E-state index is 13.6. The van der Waals surface area contributed by atoms with Gasteiger partial charge in [-0.1, -0.05) is 49.7 Å². The van der Waals surface area contributed by atoms with Crippen molar-refractivity contribution in [3.63, 3.8) is 0 Å². The van der Waals surface area contributed by atoms with Gasteiger partial charge in [0, 0.05) is 11.1 Å². The van der Waals surface area contributed by atoms with Gasteiger partial charge in [-0.05, 0) is 60.0 Å². The van der Waals surface area contributed by atoms with Crippen LogP contribution in [-0.2, 0) is 17.8 Å². The fourth-order valence-corrected chi connectivity index (χ4v) is 3.77. The summed E-state index contributed by atoms with van der Waals surface area (Å²) >= 11 is 0. The molecule has 0 bridgehead atoms. The third-order valence-electron chi connectivity index (χ3n) is 5.30. The van der Waals surface area contributed by atoms with Gasteiger partial charge in [-0.2, -0.15) is 5.10 Å². The highest BCUT2D eigenvalue weighted by Crippen LogP contribution is 2.34. The molecule has 1 aromatic heterocycles. The van der Waals surface area contributed by atoms with Gasteiger partial charge in [-0.15, -0.1) is 0 Å². The molecule has 0 aliphatic rings. The van der Waals surface area contributed by atoms with Crippen LogP contribution >= 0.6 is 0 Å². The summed E-state index contributed by atoms with van der Waals surface area (Å²) in [6.07, 6.45) is 1.87. The molecule has 0 radical (unpaired) electrons. The van der Waals surface area contributed by atoms with Crippen molar-refractivity contribution >= 4 is 5.97 Å². The Labute approximate surface area is 192 Å². The second-order valence-electron chi connectivity index (χ2n) is 7.83. The predicted octanol–water partition coefficient (Wildman–Crippen LogP) is 5.82. The number of aliphatic carboxylic acids is 1. The number of ether oxygens (including phenoxy) is 1. The maximum absolute atomic E-state index is 13.6. The van der Waals surface area contributed by atoms with Crippen LogP contribution in [0.2, 0.25) is 0 Å². The second kappa shape index (κ2) is 10.1. The molecule has 33 heavy (non-hydrogen) atoms. The first-order chi connectivity index (χ1) is 16.0. The molecular weight excluding hydrogens is 419 g/mol. The first-order valence-corrected chi connectivity index (χ1v) is 10.9. The molecule has 5 nitrogen and oxygen atoms in total. The summed E-state index contributed by atoms with van der Waals surface area (Å²) in [4.78, 5) is 11.1. The Kier molecular flexibility index (Phi) is 6.83. The lowest BCUT2D eigenvalue weighted by molar-refractivity contribution is -0.139. The summed E-state index contributed by atoms with van der Waals surface area (Å²) in [5.74, 6) is -0.878. The number of nitrogens with zero attached hydrogens (tertiary/aromatic N) is 2. The van der Waals surface area contributed by atoms with Crippen molar-refractivity contribution in [2.75, 3.05) is 6.61 Å². The lowest BCUT2D eigenvalue weighted by Crippen LogP contribution is -2.10. The average molecular weight is 445 g/mol. The third kappa shape index (κ3) is 5.47. The van der Waals surface area contributed by atoms with Crippen molar-refractivity contribution in [1.82, 2.24) is 9.78 Å². The van der Waals surface area contributed by atoms with Crippen LogP contribution in [0.3, 0.4) is 0 Å². The number of aryl methyl sites for hydroxylation is 1. The molecular formula is C27H25FN2O3. The van der Waals surface area contributed by atoms with Crippen LogP contribution in [0.4, 0.5) is 4.39 Å². The molecule has 6 heteroatoms. The lowest BCUT2D eigenvalue weighted by atomic mass is 10.0. The normalized spacial score (nSPS) is 10.8. The Balaban J connectivity index is 1.81. The van der Waals surface area contributed by atoms with Crippen molar-refractivity contribution in [1.29, 1.82) is 0 Å². The van der Waals surface area contributed by atoms with E-state index in [1.54, 1.807) is 18.2 Å². The van der Waals surface area contributed by atoms with Gasteiger partial charge in [-0.25, -0.2) is 9.18 Å². The van der Waals surface area contributed by atoms with Crippen molar-refractivity contribution < 1.29 is 19.0 Å². The van der Waals surface area contributed by atoms with Crippen LogP contribution in [0.1, 0.15) is 24.5 Å². The molecule has 0 amide bonds. The number of hydrogen-bond donors (Lipinski definition) is 1. The summed E-state index contributed by atoms with van der Waals surface area (Å²) in [5.41, 5.74) is 5.28. The van der Waals surface area contributed by atoms with E-state index < -0.39 is 12.6 Å². The molecule has 1 heterocycles. The van der Waals surface area contributed by atoms with Crippen LogP contribution in [0, 0.1) is 5.82 Å². The second-order valence-corrected chi connectivity index (χ2v) is 7.83. The molecule has 0 aliphatic carbocycles. The van der Waals surface area contributed by atoms with Crippen molar-refractivity contribution in [3.05, 3.63) is 95.8 Å². The zero-order chi connectivity index (χ0) is 23.2. The summed E-state index contributed by atoms with van der Waals surface area (Å²) in [6, 6.07) is 24.0. The van der Waals surface area contributed by atoms with Crippen LogP contribution in [-0.4, -0.2) is 27.5 Å². The fraction of sp³-hybridized carbons (Fsp3) is 0.185. The zero-order valence-electron chi connectivity index (χ0n) is 18.4. The highest BCUT2D eigenvalue weighted by atomic mass is 19.1. The first kappa shape index (κ1) is 22.3. The van der Waals surface area contributed by atoms with E-state index in [9.17, 15) is 9.18 Å².